The van der Waals surface area contributed by atoms with Crippen LogP contribution in [0.5, 0.6) is 0 Å². The quantitative estimate of drug-likeness (QED) is 0.326. The van der Waals surface area contributed by atoms with Crippen molar-refractivity contribution < 1.29 is 18.8 Å². The maximum atomic E-state index is 12.3. The van der Waals surface area contributed by atoms with Gasteiger partial charge in [0.25, 0.3) is 0 Å². The number of hydrogen-bond donors (Lipinski definition) is 1. The van der Waals surface area contributed by atoms with E-state index in [9.17, 15) is 9.00 Å². The van der Waals surface area contributed by atoms with Crippen LogP contribution in [-0.4, -0.2) is 39.0 Å². The highest BCUT2D eigenvalue weighted by Crippen LogP contribution is 2.47. The molecule has 5 heteroatoms. The number of hydrogen-bond acceptors (Lipinski definition) is 3. The summed E-state index contributed by atoms with van der Waals surface area (Å²) < 4.78 is 18.5. The Morgan fingerprint density at radius 1 is 1.03 bits per heavy atom. The van der Waals surface area contributed by atoms with E-state index in [4.69, 9.17) is 9.84 Å². The van der Waals surface area contributed by atoms with Gasteiger partial charge in [0, 0.05) is 28.7 Å². The molecule has 0 saturated carbocycles. The normalized spacial score (nSPS) is 26.4. The van der Waals surface area contributed by atoms with Crippen molar-refractivity contribution in [3.63, 3.8) is 0 Å². The molecule has 30 heavy (non-hydrogen) atoms. The van der Waals surface area contributed by atoms with Crippen molar-refractivity contribution >= 4 is 16.8 Å². The largest absolute Gasteiger partial charge is 0.481 e. The maximum absolute atomic E-state index is 12.3. The second kappa shape index (κ2) is 12.4. The van der Waals surface area contributed by atoms with Crippen LogP contribution in [0.25, 0.3) is 0 Å². The summed E-state index contributed by atoms with van der Waals surface area (Å²) in [5.41, 5.74) is 1.27. The molecule has 1 unspecified atom stereocenters. The number of aryl methyl sites for hydroxylation is 1. The molecule has 2 aliphatic rings. The van der Waals surface area contributed by atoms with Gasteiger partial charge in [0.1, 0.15) is 0 Å². The van der Waals surface area contributed by atoms with E-state index in [2.05, 4.69) is 24.3 Å². The zero-order valence-electron chi connectivity index (χ0n) is 17.9. The van der Waals surface area contributed by atoms with Crippen LogP contribution in [0.15, 0.2) is 42.5 Å². The molecule has 2 bridgehead atoms. The standard InChI is InChI=1S/C25H36O4S/c26-25(27)14-7-2-1-6-12-21-22(24-16-15-23(21)29-24)13-8-9-18-30(28)19-17-20-10-4-3-5-11-20/h1,3-6,10-11,21-24H,2,7-9,12-19H2,(H,26,27)/t21-,22+,23-,24+,30?/m1/s1. The third-order valence-corrected chi connectivity index (χ3v) is 7.95. The van der Waals surface area contributed by atoms with Gasteiger partial charge in [0.2, 0.25) is 0 Å². The van der Waals surface area contributed by atoms with Gasteiger partial charge < -0.3 is 9.84 Å². The molecule has 0 radical (unpaired) electrons. The lowest BCUT2D eigenvalue weighted by molar-refractivity contribution is -0.137. The third kappa shape index (κ3) is 7.35. The lowest BCUT2D eigenvalue weighted by atomic mass is 9.75. The molecule has 2 saturated heterocycles. The predicted octanol–water partition coefficient (Wildman–Crippen LogP) is 5.14. The average molecular weight is 433 g/mol. The molecule has 0 amide bonds. The van der Waals surface area contributed by atoms with E-state index >= 15 is 0 Å². The number of unbranched alkanes of at least 4 members (excludes halogenated alkanes) is 2. The minimum atomic E-state index is -0.730. The number of benzene rings is 1. The first-order valence-corrected chi connectivity index (χ1v) is 13.0. The highest BCUT2D eigenvalue weighted by molar-refractivity contribution is 7.84. The molecule has 4 nitrogen and oxygen atoms in total. The SMILES string of the molecule is O=C(O)CCCC=CC[C@@H]1[C@H](CCCCS(=O)CCc2ccccc2)[C@@H]2CC[C@H]1O2. The van der Waals surface area contributed by atoms with Gasteiger partial charge in [-0.1, -0.05) is 48.9 Å². The Hall–Kier alpha value is -1.46. The Bertz CT molecular complexity index is 702. The Balaban J connectivity index is 1.32. The molecule has 0 aliphatic carbocycles. The van der Waals surface area contributed by atoms with Crippen molar-refractivity contribution in [3.05, 3.63) is 48.0 Å². The molecule has 166 valence electrons. The molecule has 2 aliphatic heterocycles. The molecule has 0 aromatic heterocycles. The van der Waals surface area contributed by atoms with Crippen LogP contribution in [0, 0.1) is 11.8 Å². The van der Waals surface area contributed by atoms with Crippen molar-refractivity contribution in [1.82, 2.24) is 0 Å². The number of carbonyl (C=O) groups is 1. The number of carboxylic acids is 1. The molecule has 2 heterocycles. The van der Waals surface area contributed by atoms with Crippen molar-refractivity contribution in [2.24, 2.45) is 11.8 Å². The van der Waals surface area contributed by atoms with Gasteiger partial charge in [-0.05, 0) is 68.8 Å². The zero-order valence-corrected chi connectivity index (χ0v) is 18.7. The van der Waals surface area contributed by atoms with Gasteiger partial charge in [-0.15, -0.1) is 0 Å². The van der Waals surface area contributed by atoms with Crippen LogP contribution in [0.4, 0.5) is 0 Å². The van der Waals surface area contributed by atoms with Gasteiger partial charge >= 0.3 is 5.97 Å². The fourth-order valence-corrected chi connectivity index (χ4v) is 6.15. The Morgan fingerprint density at radius 2 is 1.80 bits per heavy atom. The van der Waals surface area contributed by atoms with Crippen molar-refractivity contribution in [3.8, 4) is 0 Å². The first kappa shape index (κ1) is 23.2. The number of carboxylic acid groups (broad SMARTS) is 1. The molecule has 3 rings (SSSR count). The summed E-state index contributed by atoms with van der Waals surface area (Å²) in [4.78, 5) is 10.6. The van der Waals surface area contributed by atoms with Crippen LogP contribution < -0.4 is 0 Å². The molecule has 5 atom stereocenters. The van der Waals surface area contributed by atoms with Crippen molar-refractivity contribution in [2.45, 2.75) is 76.4 Å². The van der Waals surface area contributed by atoms with Gasteiger partial charge in [0.15, 0.2) is 0 Å². The first-order chi connectivity index (χ1) is 14.6. The van der Waals surface area contributed by atoms with E-state index in [1.807, 2.05) is 18.2 Å². The monoisotopic (exact) mass is 432 g/mol. The molecule has 2 fully saturated rings. The second-order valence-electron chi connectivity index (χ2n) is 8.69. The van der Waals surface area contributed by atoms with E-state index in [0.717, 1.165) is 43.6 Å². The van der Waals surface area contributed by atoms with Crippen LogP contribution in [0.2, 0.25) is 0 Å². The van der Waals surface area contributed by atoms with E-state index in [1.54, 1.807) is 0 Å². The molecule has 1 aromatic carbocycles. The minimum Gasteiger partial charge on any atom is -0.481 e. The Kier molecular flexibility index (Phi) is 9.60. The summed E-state index contributed by atoms with van der Waals surface area (Å²) >= 11 is 0. The maximum Gasteiger partial charge on any atom is 0.303 e. The summed E-state index contributed by atoms with van der Waals surface area (Å²) in [7, 11) is -0.730. The molecule has 1 N–H and O–H groups in total. The highest BCUT2D eigenvalue weighted by atomic mass is 32.2. The zero-order chi connectivity index (χ0) is 21.2. The third-order valence-electron chi connectivity index (χ3n) is 6.55. The molecular formula is C25H36O4S. The minimum absolute atomic E-state index is 0.247. The smallest absolute Gasteiger partial charge is 0.303 e. The van der Waals surface area contributed by atoms with Crippen LogP contribution in [0.1, 0.15) is 63.4 Å². The fourth-order valence-electron chi connectivity index (χ4n) is 4.96. The average Bonchev–Trinajstić information content (AvgIpc) is 3.35. The molecule has 1 aromatic rings. The van der Waals surface area contributed by atoms with Gasteiger partial charge in [0.05, 0.1) is 12.2 Å². The van der Waals surface area contributed by atoms with Crippen molar-refractivity contribution in [2.75, 3.05) is 11.5 Å². The van der Waals surface area contributed by atoms with Crippen molar-refractivity contribution in [1.29, 1.82) is 0 Å². The Morgan fingerprint density at radius 3 is 2.57 bits per heavy atom. The van der Waals surface area contributed by atoms with Crippen LogP contribution in [-0.2, 0) is 26.8 Å². The predicted molar refractivity (Wildman–Crippen MR) is 122 cm³/mol. The van der Waals surface area contributed by atoms with E-state index in [0.29, 0.717) is 30.5 Å². The van der Waals surface area contributed by atoms with Gasteiger partial charge in [-0.25, -0.2) is 0 Å². The lowest BCUT2D eigenvalue weighted by Crippen LogP contribution is -2.26. The van der Waals surface area contributed by atoms with Crippen LogP contribution in [0.3, 0.4) is 0 Å². The number of fused-ring (bicyclic) bond motifs is 2. The summed E-state index contributed by atoms with van der Waals surface area (Å²) in [5.74, 6) is 2.08. The number of allylic oxidation sites excluding steroid dienone is 2. The molecular weight excluding hydrogens is 396 g/mol. The van der Waals surface area contributed by atoms with Gasteiger partial charge in [-0.2, -0.15) is 0 Å². The van der Waals surface area contributed by atoms with E-state index in [-0.39, 0.29) is 6.42 Å². The summed E-state index contributed by atoms with van der Waals surface area (Å²) in [6.07, 6.45) is 14.7. The van der Waals surface area contributed by atoms with E-state index < -0.39 is 16.8 Å². The fraction of sp³-hybridized carbons (Fsp3) is 0.640. The summed E-state index contributed by atoms with van der Waals surface area (Å²) in [6.45, 7) is 0. The van der Waals surface area contributed by atoms with E-state index in [1.165, 1.54) is 24.8 Å². The lowest BCUT2D eigenvalue weighted by Gasteiger charge is -2.27. The Labute approximate surface area is 183 Å². The second-order valence-corrected chi connectivity index (χ2v) is 10.4. The number of ether oxygens (including phenoxy) is 1. The number of aliphatic carboxylic acids is 1. The number of rotatable bonds is 14. The van der Waals surface area contributed by atoms with Crippen LogP contribution >= 0.6 is 0 Å². The summed E-state index contributed by atoms with van der Waals surface area (Å²) in [6, 6.07) is 10.3. The summed E-state index contributed by atoms with van der Waals surface area (Å²) in [5, 5.41) is 8.71. The molecule has 0 spiro atoms. The van der Waals surface area contributed by atoms with Gasteiger partial charge in [-0.3, -0.25) is 9.00 Å². The first-order valence-electron chi connectivity index (χ1n) is 11.5. The topological polar surface area (TPSA) is 63.6 Å². The highest BCUT2D eigenvalue weighted by Gasteiger charge is 2.47.